The molecule has 1 rings (SSSR count). The van der Waals surface area contributed by atoms with Crippen molar-refractivity contribution in [1.29, 1.82) is 0 Å². The van der Waals surface area contributed by atoms with E-state index in [1.807, 2.05) is 0 Å². The number of anilines is 1. The zero-order valence-electron chi connectivity index (χ0n) is 10.9. The predicted molar refractivity (Wildman–Crippen MR) is 66.3 cm³/mol. The summed E-state index contributed by atoms with van der Waals surface area (Å²) in [4.78, 5) is 22.8. The van der Waals surface area contributed by atoms with Gasteiger partial charge < -0.3 is 20.5 Å². The molecule has 1 amide bonds. The summed E-state index contributed by atoms with van der Waals surface area (Å²) < 4.78 is 45.8. The zero-order chi connectivity index (χ0) is 16.0. The summed E-state index contributed by atoms with van der Waals surface area (Å²) in [7, 11) is 0. The fourth-order valence-electron chi connectivity index (χ4n) is 1.33. The molecule has 21 heavy (non-hydrogen) atoms. The van der Waals surface area contributed by atoms with Gasteiger partial charge in [-0.1, -0.05) is 0 Å². The number of benzene rings is 1. The lowest BCUT2D eigenvalue weighted by Crippen LogP contribution is -2.43. The lowest BCUT2D eigenvalue weighted by Gasteiger charge is -2.12. The van der Waals surface area contributed by atoms with Crippen LogP contribution >= 0.6 is 0 Å². The Morgan fingerprint density at radius 2 is 2.05 bits per heavy atom. The Morgan fingerprint density at radius 3 is 2.57 bits per heavy atom. The fourth-order valence-corrected chi connectivity index (χ4v) is 1.33. The third-order valence-electron chi connectivity index (χ3n) is 2.24. The molecule has 0 aliphatic rings. The first kappa shape index (κ1) is 16.8. The quantitative estimate of drug-likeness (QED) is 0.610. The van der Waals surface area contributed by atoms with Gasteiger partial charge in [-0.2, -0.15) is 8.78 Å². The summed E-state index contributed by atoms with van der Waals surface area (Å²) in [5.74, 6) is -3.63. The number of carbonyl (C=O) groups is 2. The van der Waals surface area contributed by atoms with E-state index < -0.39 is 36.1 Å². The number of rotatable bonds is 6. The molecule has 1 atom stereocenters. The fraction of sp³-hybridized carbons (Fsp3) is 0.333. The number of amides is 1. The molecule has 6 nitrogen and oxygen atoms in total. The van der Waals surface area contributed by atoms with Crippen molar-refractivity contribution in [2.24, 2.45) is 5.73 Å². The number of nitrogens with two attached hydrogens (primary N) is 1. The number of carbonyl (C=O) groups excluding carboxylic acids is 2. The molecule has 9 heteroatoms. The molecule has 1 aromatic rings. The van der Waals surface area contributed by atoms with Gasteiger partial charge >= 0.3 is 12.6 Å². The number of halogens is 3. The third-order valence-corrected chi connectivity index (χ3v) is 2.24. The highest BCUT2D eigenvalue weighted by Gasteiger charge is 2.23. The van der Waals surface area contributed by atoms with E-state index in [1.54, 1.807) is 6.92 Å². The molecule has 0 fully saturated rings. The van der Waals surface area contributed by atoms with Gasteiger partial charge in [-0.25, -0.2) is 9.18 Å². The molecule has 0 bridgehead atoms. The van der Waals surface area contributed by atoms with Crippen molar-refractivity contribution in [1.82, 2.24) is 0 Å². The van der Waals surface area contributed by atoms with E-state index >= 15 is 0 Å². The summed E-state index contributed by atoms with van der Waals surface area (Å²) in [6.45, 7) is -1.58. The van der Waals surface area contributed by atoms with Gasteiger partial charge in [-0.3, -0.25) is 4.79 Å². The van der Waals surface area contributed by atoms with Crippen LogP contribution in [0, 0.1) is 5.82 Å². The molecule has 0 radical (unpaired) electrons. The number of hydrogen-bond donors (Lipinski definition) is 2. The molecule has 1 aromatic carbocycles. The minimum Gasteiger partial charge on any atom is -0.464 e. The molecule has 0 aliphatic carbocycles. The van der Waals surface area contributed by atoms with E-state index in [0.717, 1.165) is 18.2 Å². The minimum absolute atomic E-state index is 0.0497. The molecular formula is C12H13F3N2O4. The maximum absolute atomic E-state index is 13.4. The van der Waals surface area contributed by atoms with E-state index in [2.05, 4.69) is 14.8 Å². The van der Waals surface area contributed by atoms with Crippen molar-refractivity contribution in [2.75, 3.05) is 11.9 Å². The number of alkyl halides is 2. The van der Waals surface area contributed by atoms with Gasteiger partial charge in [0.15, 0.2) is 17.6 Å². The van der Waals surface area contributed by atoms with Crippen molar-refractivity contribution in [3.05, 3.63) is 24.0 Å². The smallest absolute Gasteiger partial charge is 0.387 e. The average Bonchev–Trinajstić information content (AvgIpc) is 2.40. The van der Waals surface area contributed by atoms with Gasteiger partial charge in [0, 0.05) is 11.8 Å². The number of esters is 1. The van der Waals surface area contributed by atoms with Crippen LogP contribution < -0.4 is 15.8 Å². The highest BCUT2D eigenvalue weighted by atomic mass is 19.3. The van der Waals surface area contributed by atoms with Gasteiger partial charge in [0.25, 0.3) is 5.91 Å². The number of nitrogens with one attached hydrogen (secondary N) is 1. The Kier molecular flexibility index (Phi) is 5.97. The van der Waals surface area contributed by atoms with E-state index in [-0.39, 0.29) is 12.3 Å². The SMILES string of the molecule is CCOC(=O)C(N)C(=O)Nc1ccc(OC(F)F)c(F)c1. The van der Waals surface area contributed by atoms with Crippen LogP contribution in [0.15, 0.2) is 18.2 Å². The maximum atomic E-state index is 13.4. The van der Waals surface area contributed by atoms with E-state index in [9.17, 15) is 22.8 Å². The largest absolute Gasteiger partial charge is 0.464 e. The summed E-state index contributed by atoms with van der Waals surface area (Å²) in [5, 5.41) is 2.15. The highest BCUT2D eigenvalue weighted by Crippen LogP contribution is 2.22. The molecule has 3 N–H and O–H groups in total. The molecule has 0 aliphatic heterocycles. The molecule has 0 spiro atoms. The second kappa shape index (κ2) is 7.48. The van der Waals surface area contributed by atoms with Crippen molar-refractivity contribution in [3.63, 3.8) is 0 Å². The van der Waals surface area contributed by atoms with Crippen LogP contribution in [0.1, 0.15) is 6.92 Å². The maximum Gasteiger partial charge on any atom is 0.387 e. The molecular weight excluding hydrogens is 293 g/mol. The van der Waals surface area contributed by atoms with Crippen molar-refractivity contribution in [2.45, 2.75) is 19.6 Å². The molecule has 1 unspecified atom stereocenters. The van der Waals surface area contributed by atoms with Crippen molar-refractivity contribution < 1.29 is 32.2 Å². The summed E-state index contributed by atoms with van der Waals surface area (Å²) >= 11 is 0. The summed E-state index contributed by atoms with van der Waals surface area (Å²) in [5.41, 5.74) is 5.25. The first-order chi connectivity index (χ1) is 9.85. The lowest BCUT2D eigenvalue weighted by atomic mass is 10.2. The average molecular weight is 306 g/mol. The first-order valence-corrected chi connectivity index (χ1v) is 5.82. The Hall–Kier alpha value is -2.29. The summed E-state index contributed by atoms with van der Waals surface area (Å²) in [6.07, 6.45) is 0. The Bertz CT molecular complexity index is 525. The van der Waals surface area contributed by atoms with Crippen molar-refractivity contribution >= 4 is 17.6 Å². The Morgan fingerprint density at radius 1 is 1.38 bits per heavy atom. The Balaban J connectivity index is 2.73. The van der Waals surface area contributed by atoms with E-state index in [1.165, 1.54) is 0 Å². The van der Waals surface area contributed by atoms with Gasteiger partial charge in [0.05, 0.1) is 6.61 Å². The second-order valence-electron chi connectivity index (χ2n) is 3.74. The van der Waals surface area contributed by atoms with Crippen LogP contribution in [0.5, 0.6) is 5.75 Å². The van der Waals surface area contributed by atoms with Gasteiger partial charge in [-0.05, 0) is 19.1 Å². The molecule has 0 aromatic heterocycles. The number of hydrogen-bond acceptors (Lipinski definition) is 5. The first-order valence-electron chi connectivity index (χ1n) is 5.82. The van der Waals surface area contributed by atoms with E-state index in [4.69, 9.17) is 5.73 Å². The van der Waals surface area contributed by atoms with Crippen LogP contribution in [0.3, 0.4) is 0 Å². The molecule has 0 saturated heterocycles. The lowest BCUT2D eigenvalue weighted by molar-refractivity contribution is -0.146. The summed E-state index contributed by atoms with van der Waals surface area (Å²) in [6, 6.07) is 1.21. The van der Waals surface area contributed by atoms with Crippen LogP contribution in [0.4, 0.5) is 18.9 Å². The standard InChI is InChI=1S/C12H13F3N2O4/c1-2-20-11(19)9(16)10(18)17-6-3-4-8(7(13)5-6)21-12(14)15/h3-5,9,12H,2,16H2,1H3,(H,17,18). The van der Waals surface area contributed by atoms with Crippen LogP contribution in [-0.2, 0) is 14.3 Å². The minimum atomic E-state index is -3.17. The van der Waals surface area contributed by atoms with Crippen LogP contribution in [0.2, 0.25) is 0 Å². The molecule has 0 saturated carbocycles. The Labute approximate surface area is 118 Å². The van der Waals surface area contributed by atoms with E-state index in [0.29, 0.717) is 0 Å². The van der Waals surface area contributed by atoms with Gasteiger partial charge in [-0.15, -0.1) is 0 Å². The van der Waals surface area contributed by atoms with Crippen LogP contribution in [0.25, 0.3) is 0 Å². The number of ether oxygens (including phenoxy) is 2. The van der Waals surface area contributed by atoms with Crippen molar-refractivity contribution in [3.8, 4) is 5.75 Å². The molecule has 0 heterocycles. The molecule has 116 valence electrons. The third kappa shape index (κ3) is 4.95. The van der Waals surface area contributed by atoms with Gasteiger partial charge in [0.2, 0.25) is 0 Å². The second-order valence-corrected chi connectivity index (χ2v) is 3.74. The zero-order valence-corrected chi connectivity index (χ0v) is 10.9. The van der Waals surface area contributed by atoms with Gasteiger partial charge in [0.1, 0.15) is 0 Å². The highest BCUT2D eigenvalue weighted by molar-refractivity contribution is 6.08. The topological polar surface area (TPSA) is 90.7 Å². The monoisotopic (exact) mass is 306 g/mol. The normalized spacial score (nSPS) is 11.9. The van der Waals surface area contributed by atoms with Crippen LogP contribution in [-0.4, -0.2) is 31.1 Å². The predicted octanol–water partition coefficient (Wildman–Crippen LogP) is 1.26.